The van der Waals surface area contributed by atoms with Crippen LogP contribution in [0.25, 0.3) is 0 Å². The maximum absolute atomic E-state index is 12.1. The van der Waals surface area contributed by atoms with Crippen LogP contribution in [0, 0.1) is 5.41 Å². The summed E-state index contributed by atoms with van der Waals surface area (Å²) in [7, 11) is 1.49. The number of thiophene rings is 1. The van der Waals surface area contributed by atoms with E-state index in [4.69, 9.17) is 4.74 Å². The summed E-state index contributed by atoms with van der Waals surface area (Å²) < 4.78 is 5.01. The molecule has 1 aromatic heterocycles. The first kappa shape index (κ1) is 14.0. The van der Waals surface area contributed by atoms with Crippen LogP contribution in [0.2, 0.25) is 0 Å². The quantitative estimate of drug-likeness (QED) is 0.883. The Bertz CT molecular complexity index is 459. The number of amides is 1. The molecule has 0 spiro atoms. The molecule has 6 heteroatoms. The normalized spacial score (nSPS) is 22.7. The third-order valence-electron chi connectivity index (χ3n) is 3.52. The van der Waals surface area contributed by atoms with Gasteiger partial charge in [0.25, 0.3) is 0 Å². The van der Waals surface area contributed by atoms with E-state index in [1.807, 2.05) is 16.8 Å². The van der Waals surface area contributed by atoms with E-state index in [0.717, 1.165) is 5.56 Å². The highest BCUT2D eigenvalue weighted by Gasteiger charge is 2.46. The predicted molar refractivity (Wildman–Crippen MR) is 71.2 cm³/mol. The molecule has 0 aromatic carbocycles. The van der Waals surface area contributed by atoms with Crippen molar-refractivity contribution in [3.63, 3.8) is 0 Å². The van der Waals surface area contributed by atoms with Crippen LogP contribution in [0.5, 0.6) is 0 Å². The lowest BCUT2D eigenvalue weighted by atomic mass is 9.88. The van der Waals surface area contributed by atoms with E-state index in [-0.39, 0.29) is 19.1 Å². The highest BCUT2D eigenvalue weighted by Crippen LogP contribution is 2.31. The van der Waals surface area contributed by atoms with Gasteiger partial charge >= 0.3 is 5.97 Å². The van der Waals surface area contributed by atoms with Crippen molar-refractivity contribution in [2.75, 3.05) is 26.8 Å². The number of likely N-dealkylation sites (tertiary alicyclic amines) is 1. The summed E-state index contributed by atoms with van der Waals surface area (Å²) in [4.78, 5) is 25.1. The summed E-state index contributed by atoms with van der Waals surface area (Å²) in [6.45, 7) is 0.863. The molecule has 0 saturated carbocycles. The van der Waals surface area contributed by atoms with Crippen molar-refractivity contribution in [2.24, 2.45) is 5.41 Å². The number of ether oxygens (including phenoxy) is 1. The number of rotatable bonds is 5. The van der Waals surface area contributed by atoms with Crippen LogP contribution in [0.4, 0.5) is 0 Å². The Labute approximate surface area is 115 Å². The number of carbonyl (C=O) groups is 2. The Hall–Kier alpha value is -1.40. The van der Waals surface area contributed by atoms with Gasteiger partial charge in [0.05, 0.1) is 13.0 Å². The Morgan fingerprint density at radius 2 is 2.37 bits per heavy atom. The Morgan fingerprint density at radius 1 is 1.58 bits per heavy atom. The molecule has 0 aliphatic carbocycles. The second kappa shape index (κ2) is 5.71. The van der Waals surface area contributed by atoms with Gasteiger partial charge in [-0.25, -0.2) is 0 Å². The number of carbonyl (C=O) groups excluding carboxylic acids is 1. The molecule has 0 radical (unpaired) electrons. The monoisotopic (exact) mass is 283 g/mol. The maximum Gasteiger partial charge on any atom is 0.313 e. The molecule has 19 heavy (non-hydrogen) atoms. The fraction of sp³-hybridized carbons (Fsp3) is 0.538. The summed E-state index contributed by atoms with van der Waals surface area (Å²) in [5.41, 5.74) is 0.0357. The summed E-state index contributed by atoms with van der Waals surface area (Å²) in [5.74, 6) is -0.905. The van der Waals surface area contributed by atoms with E-state index in [2.05, 4.69) is 0 Å². The Kier molecular flexibility index (Phi) is 4.21. The van der Waals surface area contributed by atoms with Crippen LogP contribution < -0.4 is 0 Å². The van der Waals surface area contributed by atoms with Gasteiger partial charge in [0.2, 0.25) is 5.91 Å². The second-order valence-corrected chi connectivity index (χ2v) is 5.67. The number of carboxylic acids is 1. The lowest BCUT2D eigenvalue weighted by molar-refractivity contribution is -0.151. The fourth-order valence-corrected chi connectivity index (χ4v) is 3.06. The van der Waals surface area contributed by atoms with Crippen molar-refractivity contribution >= 4 is 23.2 Å². The maximum atomic E-state index is 12.1. The van der Waals surface area contributed by atoms with E-state index < -0.39 is 11.4 Å². The molecule has 2 heterocycles. The van der Waals surface area contributed by atoms with Crippen molar-refractivity contribution < 1.29 is 19.4 Å². The number of hydrogen-bond acceptors (Lipinski definition) is 4. The third kappa shape index (κ3) is 2.96. The van der Waals surface area contributed by atoms with Crippen molar-refractivity contribution in [2.45, 2.75) is 12.8 Å². The number of nitrogens with zero attached hydrogens (tertiary/aromatic N) is 1. The lowest BCUT2D eigenvalue weighted by Gasteiger charge is -2.23. The van der Waals surface area contributed by atoms with E-state index in [0.29, 0.717) is 19.4 Å². The first-order valence-corrected chi connectivity index (χ1v) is 7.03. The molecule has 1 N–H and O–H groups in total. The van der Waals surface area contributed by atoms with Gasteiger partial charge in [-0.15, -0.1) is 0 Å². The third-order valence-corrected chi connectivity index (χ3v) is 4.25. The van der Waals surface area contributed by atoms with Crippen LogP contribution >= 0.6 is 11.3 Å². The average Bonchev–Trinajstić information content (AvgIpc) is 2.99. The SMILES string of the molecule is COCC1(C(=O)O)CCN(C(=O)Cc2ccsc2)C1. The topological polar surface area (TPSA) is 66.8 Å². The standard InChI is InChI=1S/C13H17NO4S/c1-18-9-13(12(16)17)3-4-14(8-13)11(15)6-10-2-5-19-7-10/h2,5,7H,3-4,6,8-9H2,1H3,(H,16,17). The summed E-state index contributed by atoms with van der Waals surface area (Å²) in [5, 5.41) is 13.2. The van der Waals surface area contributed by atoms with Gasteiger partial charge in [0, 0.05) is 20.2 Å². The van der Waals surface area contributed by atoms with E-state index in [1.165, 1.54) is 7.11 Å². The number of aliphatic carboxylic acids is 1. The molecular weight excluding hydrogens is 266 g/mol. The molecule has 1 unspecified atom stereocenters. The summed E-state index contributed by atoms with van der Waals surface area (Å²) in [6.07, 6.45) is 0.789. The molecule has 5 nitrogen and oxygen atoms in total. The predicted octanol–water partition coefficient (Wildman–Crippen LogP) is 1.24. The van der Waals surface area contributed by atoms with Gasteiger partial charge in [0.15, 0.2) is 0 Å². The molecule has 104 valence electrons. The molecule has 1 atom stereocenters. The number of methoxy groups -OCH3 is 1. The van der Waals surface area contributed by atoms with Crippen LogP contribution in [0.1, 0.15) is 12.0 Å². The van der Waals surface area contributed by atoms with Crippen LogP contribution in [0.15, 0.2) is 16.8 Å². The number of hydrogen-bond donors (Lipinski definition) is 1. The van der Waals surface area contributed by atoms with Crippen molar-refractivity contribution in [3.8, 4) is 0 Å². The Morgan fingerprint density at radius 3 is 2.95 bits per heavy atom. The van der Waals surface area contributed by atoms with Gasteiger partial charge in [-0.2, -0.15) is 11.3 Å². The summed E-state index contributed by atoms with van der Waals surface area (Å²) >= 11 is 1.55. The zero-order valence-electron chi connectivity index (χ0n) is 10.8. The molecule has 1 amide bonds. The molecular formula is C13H17NO4S. The van der Waals surface area contributed by atoms with Gasteiger partial charge in [-0.1, -0.05) is 0 Å². The molecule has 1 aliphatic rings. The smallest absolute Gasteiger partial charge is 0.313 e. The summed E-state index contributed by atoms with van der Waals surface area (Å²) in [6, 6.07) is 1.91. The molecule has 0 bridgehead atoms. The Balaban J connectivity index is 2.00. The average molecular weight is 283 g/mol. The van der Waals surface area contributed by atoms with Crippen LogP contribution in [-0.2, 0) is 20.7 Å². The van der Waals surface area contributed by atoms with Gasteiger partial charge in [-0.3, -0.25) is 9.59 Å². The molecule has 2 rings (SSSR count). The van der Waals surface area contributed by atoms with Crippen molar-refractivity contribution in [3.05, 3.63) is 22.4 Å². The fourth-order valence-electron chi connectivity index (χ4n) is 2.40. The second-order valence-electron chi connectivity index (χ2n) is 4.89. The number of carboxylic acid groups (broad SMARTS) is 1. The van der Waals surface area contributed by atoms with Gasteiger partial charge < -0.3 is 14.7 Å². The van der Waals surface area contributed by atoms with Gasteiger partial charge in [0.1, 0.15) is 5.41 Å². The minimum absolute atomic E-state index is 0.0161. The largest absolute Gasteiger partial charge is 0.481 e. The van der Waals surface area contributed by atoms with Gasteiger partial charge in [-0.05, 0) is 28.8 Å². The minimum Gasteiger partial charge on any atom is -0.481 e. The van der Waals surface area contributed by atoms with Crippen LogP contribution in [-0.4, -0.2) is 48.7 Å². The molecule has 1 saturated heterocycles. The lowest BCUT2D eigenvalue weighted by Crippen LogP contribution is -2.40. The molecule has 1 aliphatic heterocycles. The first-order valence-electron chi connectivity index (χ1n) is 6.08. The highest BCUT2D eigenvalue weighted by molar-refractivity contribution is 7.07. The zero-order chi connectivity index (χ0) is 13.9. The van der Waals surface area contributed by atoms with Crippen molar-refractivity contribution in [1.82, 2.24) is 4.90 Å². The van der Waals surface area contributed by atoms with E-state index >= 15 is 0 Å². The van der Waals surface area contributed by atoms with Crippen LogP contribution in [0.3, 0.4) is 0 Å². The minimum atomic E-state index is -0.945. The highest BCUT2D eigenvalue weighted by atomic mass is 32.1. The first-order chi connectivity index (χ1) is 9.07. The molecule has 1 aromatic rings. The van der Waals surface area contributed by atoms with E-state index in [9.17, 15) is 14.7 Å². The van der Waals surface area contributed by atoms with E-state index in [1.54, 1.807) is 16.2 Å². The zero-order valence-corrected chi connectivity index (χ0v) is 11.6. The molecule has 1 fully saturated rings. The van der Waals surface area contributed by atoms with Crippen molar-refractivity contribution in [1.29, 1.82) is 0 Å².